The molecular weight excluding hydrogens is 198 g/mol. The Labute approximate surface area is 89.3 Å². The number of amides is 1. The molecule has 1 heterocycles. The van der Waals surface area contributed by atoms with Gasteiger partial charge in [-0.1, -0.05) is 0 Å². The molecule has 1 atom stereocenters. The molecule has 1 fully saturated rings. The van der Waals surface area contributed by atoms with E-state index in [1.54, 1.807) is 11.8 Å². The Morgan fingerprint density at radius 1 is 1.40 bits per heavy atom. The van der Waals surface area contributed by atoms with Crippen molar-refractivity contribution in [3.63, 3.8) is 0 Å². The van der Waals surface area contributed by atoms with E-state index in [-0.39, 0.29) is 24.7 Å². The van der Waals surface area contributed by atoms with E-state index in [0.717, 1.165) is 12.8 Å². The van der Waals surface area contributed by atoms with E-state index in [0.29, 0.717) is 13.2 Å². The first-order chi connectivity index (χ1) is 7.15. The summed E-state index contributed by atoms with van der Waals surface area (Å²) >= 11 is 0. The number of hydrogen-bond acceptors (Lipinski definition) is 4. The molecule has 86 valence electrons. The van der Waals surface area contributed by atoms with Crippen molar-refractivity contribution in [3.8, 4) is 0 Å². The predicted molar refractivity (Wildman–Crippen MR) is 53.4 cm³/mol. The molecule has 0 saturated carbocycles. The number of likely N-dealkylation sites (tertiary alicyclic amines) is 1. The van der Waals surface area contributed by atoms with Crippen LogP contribution < -0.4 is 0 Å². The zero-order valence-corrected chi connectivity index (χ0v) is 9.19. The Morgan fingerprint density at radius 2 is 2.13 bits per heavy atom. The SMILES string of the molecule is CCOC(=O)N1CCC[C@H]1COC(C)=O. The minimum absolute atomic E-state index is 0.0204. The molecule has 0 aromatic rings. The summed E-state index contributed by atoms with van der Waals surface area (Å²) in [5.41, 5.74) is 0. The van der Waals surface area contributed by atoms with Crippen molar-refractivity contribution in [1.29, 1.82) is 0 Å². The van der Waals surface area contributed by atoms with Gasteiger partial charge in [0.25, 0.3) is 0 Å². The molecule has 1 saturated heterocycles. The predicted octanol–water partition coefficient (Wildman–Crippen LogP) is 1.17. The van der Waals surface area contributed by atoms with Crippen LogP contribution in [0.25, 0.3) is 0 Å². The fourth-order valence-corrected chi connectivity index (χ4v) is 1.67. The monoisotopic (exact) mass is 215 g/mol. The molecule has 0 N–H and O–H groups in total. The molecule has 15 heavy (non-hydrogen) atoms. The molecule has 1 aliphatic heterocycles. The van der Waals surface area contributed by atoms with Crippen molar-refractivity contribution >= 4 is 12.1 Å². The van der Waals surface area contributed by atoms with Gasteiger partial charge in [0.2, 0.25) is 0 Å². The molecule has 0 unspecified atom stereocenters. The zero-order valence-electron chi connectivity index (χ0n) is 9.19. The molecule has 1 rings (SSSR count). The number of carbonyl (C=O) groups excluding carboxylic acids is 2. The number of carbonyl (C=O) groups is 2. The highest BCUT2D eigenvalue weighted by Gasteiger charge is 2.30. The van der Waals surface area contributed by atoms with Gasteiger partial charge in [0.1, 0.15) is 6.61 Å². The minimum atomic E-state index is -0.314. The fourth-order valence-electron chi connectivity index (χ4n) is 1.67. The second kappa shape index (κ2) is 5.58. The van der Waals surface area contributed by atoms with Gasteiger partial charge in [0.05, 0.1) is 12.6 Å². The van der Waals surface area contributed by atoms with Crippen molar-refractivity contribution in [2.75, 3.05) is 19.8 Å². The third kappa shape index (κ3) is 3.42. The molecule has 0 aromatic heterocycles. The second-order valence-electron chi connectivity index (χ2n) is 3.49. The summed E-state index contributed by atoms with van der Waals surface area (Å²) in [5, 5.41) is 0. The molecule has 0 aromatic carbocycles. The van der Waals surface area contributed by atoms with Gasteiger partial charge in [0.15, 0.2) is 0 Å². The number of rotatable bonds is 3. The summed E-state index contributed by atoms with van der Waals surface area (Å²) in [6, 6.07) is -0.0204. The highest BCUT2D eigenvalue weighted by molar-refractivity contribution is 5.69. The van der Waals surface area contributed by atoms with E-state index in [1.807, 2.05) is 0 Å². The lowest BCUT2D eigenvalue weighted by Crippen LogP contribution is -2.39. The highest BCUT2D eigenvalue weighted by Crippen LogP contribution is 2.18. The molecule has 5 heteroatoms. The van der Waals surface area contributed by atoms with E-state index < -0.39 is 0 Å². The first kappa shape index (κ1) is 11.8. The quantitative estimate of drug-likeness (QED) is 0.663. The second-order valence-corrected chi connectivity index (χ2v) is 3.49. The third-order valence-electron chi connectivity index (χ3n) is 2.36. The number of nitrogens with zero attached hydrogens (tertiary/aromatic N) is 1. The lowest BCUT2D eigenvalue weighted by Gasteiger charge is -2.23. The maximum absolute atomic E-state index is 11.5. The summed E-state index contributed by atoms with van der Waals surface area (Å²) in [7, 11) is 0. The van der Waals surface area contributed by atoms with Crippen LogP contribution in [0.5, 0.6) is 0 Å². The Morgan fingerprint density at radius 3 is 2.73 bits per heavy atom. The largest absolute Gasteiger partial charge is 0.464 e. The summed E-state index contributed by atoms with van der Waals surface area (Å²) in [6.07, 6.45) is 1.49. The van der Waals surface area contributed by atoms with Gasteiger partial charge in [-0.15, -0.1) is 0 Å². The number of esters is 1. The molecule has 0 bridgehead atoms. The van der Waals surface area contributed by atoms with Gasteiger partial charge in [-0.3, -0.25) is 4.79 Å². The van der Waals surface area contributed by atoms with Crippen LogP contribution in [0.3, 0.4) is 0 Å². The molecular formula is C10H17NO4. The smallest absolute Gasteiger partial charge is 0.410 e. The maximum atomic E-state index is 11.5. The van der Waals surface area contributed by atoms with Crippen molar-refractivity contribution < 1.29 is 19.1 Å². The lowest BCUT2D eigenvalue weighted by atomic mass is 10.2. The van der Waals surface area contributed by atoms with Crippen LogP contribution in [0.4, 0.5) is 4.79 Å². The fraction of sp³-hybridized carbons (Fsp3) is 0.800. The highest BCUT2D eigenvalue weighted by atomic mass is 16.6. The lowest BCUT2D eigenvalue weighted by molar-refractivity contribution is -0.142. The van der Waals surface area contributed by atoms with Crippen LogP contribution in [-0.2, 0) is 14.3 Å². The first-order valence-electron chi connectivity index (χ1n) is 5.22. The van der Waals surface area contributed by atoms with E-state index in [2.05, 4.69) is 0 Å². The first-order valence-corrected chi connectivity index (χ1v) is 5.22. The topological polar surface area (TPSA) is 55.8 Å². The average Bonchev–Trinajstić information content (AvgIpc) is 2.62. The number of ether oxygens (including phenoxy) is 2. The Hall–Kier alpha value is -1.26. The van der Waals surface area contributed by atoms with Crippen LogP contribution in [0.2, 0.25) is 0 Å². The third-order valence-corrected chi connectivity index (χ3v) is 2.36. The van der Waals surface area contributed by atoms with Gasteiger partial charge < -0.3 is 14.4 Å². The summed E-state index contributed by atoms with van der Waals surface area (Å²) in [4.78, 5) is 23.7. The van der Waals surface area contributed by atoms with Crippen molar-refractivity contribution in [3.05, 3.63) is 0 Å². The molecule has 0 spiro atoms. The summed E-state index contributed by atoms with van der Waals surface area (Å²) in [5.74, 6) is -0.314. The van der Waals surface area contributed by atoms with E-state index in [1.165, 1.54) is 6.92 Å². The van der Waals surface area contributed by atoms with Gasteiger partial charge in [-0.25, -0.2) is 4.79 Å². The molecule has 0 radical (unpaired) electrons. The normalized spacial score (nSPS) is 20.1. The minimum Gasteiger partial charge on any atom is -0.464 e. The Balaban J connectivity index is 2.42. The maximum Gasteiger partial charge on any atom is 0.410 e. The van der Waals surface area contributed by atoms with Crippen LogP contribution in [0.1, 0.15) is 26.7 Å². The van der Waals surface area contributed by atoms with Gasteiger partial charge >= 0.3 is 12.1 Å². The van der Waals surface area contributed by atoms with Crippen molar-refractivity contribution in [2.45, 2.75) is 32.7 Å². The standard InChI is InChI=1S/C10H17NO4/c1-3-14-10(13)11-6-4-5-9(11)7-15-8(2)12/h9H,3-7H2,1-2H3/t9-/m0/s1. The Bertz CT molecular complexity index is 242. The van der Waals surface area contributed by atoms with E-state index >= 15 is 0 Å². The summed E-state index contributed by atoms with van der Waals surface area (Å²) in [6.45, 7) is 4.47. The summed E-state index contributed by atoms with van der Waals surface area (Å²) < 4.78 is 9.81. The molecule has 1 amide bonds. The zero-order chi connectivity index (χ0) is 11.3. The van der Waals surface area contributed by atoms with Crippen LogP contribution in [0, 0.1) is 0 Å². The van der Waals surface area contributed by atoms with Gasteiger partial charge in [-0.05, 0) is 19.8 Å². The van der Waals surface area contributed by atoms with Gasteiger partial charge in [0, 0.05) is 13.5 Å². The Kier molecular flexibility index (Phi) is 4.39. The van der Waals surface area contributed by atoms with Crippen LogP contribution >= 0.6 is 0 Å². The van der Waals surface area contributed by atoms with Crippen LogP contribution in [-0.4, -0.2) is 42.8 Å². The number of hydrogen-bond donors (Lipinski definition) is 0. The van der Waals surface area contributed by atoms with Crippen molar-refractivity contribution in [2.24, 2.45) is 0 Å². The van der Waals surface area contributed by atoms with Crippen molar-refractivity contribution in [1.82, 2.24) is 4.90 Å². The van der Waals surface area contributed by atoms with Crippen LogP contribution in [0.15, 0.2) is 0 Å². The van der Waals surface area contributed by atoms with E-state index in [4.69, 9.17) is 9.47 Å². The molecule has 0 aliphatic carbocycles. The van der Waals surface area contributed by atoms with E-state index in [9.17, 15) is 9.59 Å². The average molecular weight is 215 g/mol. The van der Waals surface area contributed by atoms with Gasteiger partial charge in [-0.2, -0.15) is 0 Å². The molecule has 1 aliphatic rings. The molecule has 5 nitrogen and oxygen atoms in total.